The highest BCUT2D eigenvalue weighted by Crippen LogP contribution is 2.15. The van der Waals surface area contributed by atoms with Crippen LogP contribution in [0.3, 0.4) is 0 Å². The lowest BCUT2D eigenvalue weighted by molar-refractivity contribution is -0.102. The van der Waals surface area contributed by atoms with E-state index in [1.807, 2.05) is 0 Å². The molecule has 0 heterocycles. The van der Waals surface area contributed by atoms with Crippen LogP contribution in [0.25, 0.3) is 0 Å². The van der Waals surface area contributed by atoms with Gasteiger partial charge in [-0.1, -0.05) is 36.4 Å². The third-order valence-corrected chi connectivity index (χ3v) is 4.13. The summed E-state index contributed by atoms with van der Waals surface area (Å²) in [6, 6.07) is 23.2. The average molecular weight is 386 g/mol. The number of nitrogens with zero attached hydrogens (tertiary/aromatic N) is 2. The van der Waals surface area contributed by atoms with E-state index in [4.69, 9.17) is 4.74 Å². The second-order valence-corrected chi connectivity index (χ2v) is 5.99. The van der Waals surface area contributed by atoms with Crippen LogP contribution in [0.1, 0.15) is 26.3 Å². The molecule has 29 heavy (non-hydrogen) atoms. The van der Waals surface area contributed by atoms with Gasteiger partial charge in [0.05, 0.1) is 7.11 Å². The van der Waals surface area contributed by atoms with Gasteiger partial charge < -0.3 is 4.74 Å². The van der Waals surface area contributed by atoms with E-state index in [2.05, 4.69) is 5.10 Å². The number of benzene rings is 3. The molecule has 0 spiro atoms. The fourth-order valence-electron chi connectivity index (χ4n) is 2.61. The number of aldehydes is 1. The van der Waals surface area contributed by atoms with Crippen LogP contribution in [0.15, 0.2) is 90.0 Å². The summed E-state index contributed by atoms with van der Waals surface area (Å²) in [5, 5.41) is 4.84. The Hall–Kier alpha value is -4.06. The molecule has 3 aromatic carbocycles. The highest BCUT2D eigenvalue weighted by molar-refractivity contribution is 6.36. The first-order chi connectivity index (χ1) is 14.1. The minimum Gasteiger partial charge on any atom is -0.497 e. The van der Waals surface area contributed by atoms with Crippen LogP contribution >= 0.6 is 0 Å². The highest BCUT2D eigenvalue weighted by atomic mass is 16.5. The number of hydrogen-bond acceptors (Lipinski definition) is 5. The second kappa shape index (κ2) is 9.23. The number of hydrazone groups is 1. The van der Waals surface area contributed by atoms with Crippen LogP contribution in [0.5, 0.6) is 5.75 Å². The molecule has 6 nitrogen and oxygen atoms in total. The number of carbonyl (C=O) groups excluding carboxylic acids is 3. The quantitative estimate of drug-likeness (QED) is 0.281. The van der Waals surface area contributed by atoms with Crippen molar-refractivity contribution in [3.8, 4) is 5.75 Å². The maximum Gasteiger partial charge on any atom is 0.281 e. The minimum atomic E-state index is -0.632. The zero-order valence-electron chi connectivity index (χ0n) is 15.7. The molecule has 0 bridgehead atoms. The Balaban J connectivity index is 2.05. The summed E-state index contributed by atoms with van der Waals surface area (Å²) in [6.07, 6.45) is 0.505. The SMILES string of the molecule is COc1ccc(C(C=O)=NN(C(=O)c2ccccc2)C(=O)c2ccccc2)cc1. The third-order valence-electron chi connectivity index (χ3n) is 4.13. The lowest BCUT2D eigenvalue weighted by Gasteiger charge is -2.16. The normalized spacial score (nSPS) is 10.9. The van der Waals surface area contributed by atoms with Crippen LogP contribution in [0, 0.1) is 0 Å². The zero-order chi connectivity index (χ0) is 20.6. The van der Waals surface area contributed by atoms with Gasteiger partial charge in [0.25, 0.3) is 11.8 Å². The standard InChI is InChI=1S/C23H18N2O4/c1-29-20-14-12-17(13-15-20)21(16-26)24-25(22(27)18-8-4-2-5-9-18)23(28)19-10-6-3-7-11-19/h2-16H,1H3. The predicted molar refractivity (Wildman–Crippen MR) is 109 cm³/mol. The maximum atomic E-state index is 13.0. The van der Waals surface area contributed by atoms with Crippen molar-refractivity contribution in [3.63, 3.8) is 0 Å². The molecule has 6 heteroatoms. The topological polar surface area (TPSA) is 76.0 Å². The number of amides is 2. The van der Waals surface area contributed by atoms with E-state index >= 15 is 0 Å². The van der Waals surface area contributed by atoms with Gasteiger partial charge in [0.15, 0.2) is 6.29 Å². The van der Waals surface area contributed by atoms with E-state index in [1.54, 1.807) is 84.9 Å². The van der Waals surface area contributed by atoms with Gasteiger partial charge in [-0.3, -0.25) is 14.4 Å². The Bertz CT molecular complexity index is 978. The average Bonchev–Trinajstić information content (AvgIpc) is 2.80. The van der Waals surface area contributed by atoms with Gasteiger partial charge in [0, 0.05) is 16.7 Å². The van der Waals surface area contributed by atoms with Crippen molar-refractivity contribution in [1.82, 2.24) is 5.01 Å². The lowest BCUT2D eigenvalue weighted by Crippen LogP contribution is -2.34. The van der Waals surface area contributed by atoms with Crippen molar-refractivity contribution >= 4 is 23.8 Å². The van der Waals surface area contributed by atoms with Crippen molar-refractivity contribution in [3.05, 3.63) is 102 Å². The molecule has 0 aliphatic heterocycles. The first kappa shape index (κ1) is 19.7. The van der Waals surface area contributed by atoms with Crippen molar-refractivity contribution in [1.29, 1.82) is 0 Å². The Labute approximate surface area is 168 Å². The number of imide groups is 1. The van der Waals surface area contributed by atoms with Crippen molar-refractivity contribution in [2.45, 2.75) is 0 Å². The Morgan fingerprint density at radius 2 is 1.24 bits per heavy atom. The highest BCUT2D eigenvalue weighted by Gasteiger charge is 2.25. The fraction of sp³-hybridized carbons (Fsp3) is 0.0435. The van der Waals surface area contributed by atoms with Gasteiger partial charge >= 0.3 is 0 Å². The summed E-state index contributed by atoms with van der Waals surface area (Å²) < 4.78 is 5.11. The molecule has 0 radical (unpaired) electrons. The van der Waals surface area contributed by atoms with Gasteiger partial charge in [-0.25, -0.2) is 0 Å². The summed E-state index contributed by atoms with van der Waals surface area (Å²) in [5.41, 5.74) is 0.953. The van der Waals surface area contributed by atoms with E-state index < -0.39 is 11.8 Å². The van der Waals surface area contributed by atoms with Crippen molar-refractivity contribution < 1.29 is 19.1 Å². The van der Waals surface area contributed by atoms with Crippen LogP contribution in [-0.2, 0) is 4.79 Å². The Morgan fingerprint density at radius 3 is 1.66 bits per heavy atom. The first-order valence-corrected chi connectivity index (χ1v) is 8.81. The molecule has 144 valence electrons. The van der Waals surface area contributed by atoms with E-state index in [0.29, 0.717) is 17.6 Å². The summed E-state index contributed by atoms with van der Waals surface area (Å²) in [4.78, 5) is 37.7. The molecule has 0 unspecified atom stereocenters. The number of rotatable bonds is 6. The molecule has 0 N–H and O–H groups in total. The molecule has 0 saturated carbocycles. The fourth-order valence-corrected chi connectivity index (χ4v) is 2.61. The molecule has 0 aliphatic carbocycles. The molecule has 0 fully saturated rings. The van der Waals surface area contributed by atoms with Crippen LogP contribution in [0.4, 0.5) is 0 Å². The second-order valence-electron chi connectivity index (χ2n) is 5.99. The molecule has 0 atom stereocenters. The lowest BCUT2D eigenvalue weighted by atomic mass is 10.1. The molecule has 3 aromatic rings. The molecule has 2 amide bonds. The largest absolute Gasteiger partial charge is 0.497 e. The van der Waals surface area contributed by atoms with Crippen molar-refractivity contribution in [2.75, 3.05) is 7.11 Å². The summed E-state index contributed by atoms with van der Waals surface area (Å²) in [7, 11) is 1.53. The molecule has 0 aromatic heterocycles. The minimum absolute atomic E-state index is 0.0544. The van der Waals surface area contributed by atoms with Gasteiger partial charge in [-0.05, 0) is 48.5 Å². The third kappa shape index (κ3) is 4.62. The van der Waals surface area contributed by atoms with Crippen molar-refractivity contribution in [2.24, 2.45) is 5.10 Å². The zero-order valence-corrected chi connectivity index (χ0v) is 15.7. The van der Waals surface area contributed by atoms with E-state index in [0.717, 1.165) is 5.01 Å². The monoisotopic (exact) mass is 386 g/mol. The molecular formula is C23H18N2O4. The molecule has 0 aliphatic rings. The van der Waals surface area contributed by atoms with Gasteiger partial charge in [-0.15, -0.1) is 0 Å². The van der Waals surface area contributed by atoms with E-state index in [1.165, 1.54) is 7.11 Å². The van der Waals surface area contributed by atoms with Gasteiger partial charge in [0.2, 0.25) is 0 Å². The smallest absolute Gasteiger partial charge is 0.281 e. The summed E-state index contributed by atoms with van der Waals surface area (Å²) in [6.45, 7) is 0. The predicted octanol–water partition coefficient (Wildman–Crippen LogP) is 3.58. The number of hydrogen-bond donors (Lipinski definition) is 0. The Kier molecular flexibility index (Phi) is 6.27. The van der Waals surface area contributed by atoms with E-state index in [-0.39, 0.29) is 16.8 Å². The number of methoxy groups -OCH3 is 1. The maximum absolute atomic E-state index is 13.0. The number of ether oxygens (including phenoxy) is 1. The van der Waals surface area contributed by atoms with Crippen LogP contribution < -0.4 is 4.74 Å². The first-order valence-electron chi connectivity index (χ1n) is 8.81. The van der Waals surface area contributed by atoms with Gasteiger partial charge in [0.1, 0.15) is 11.5 Å². The molecule has 0 saturated heterocycles. The van der Waals surface area contributed by atoms with E-state index in [9.17, 15) is 14.4 Å². The summed E-state index contributed by atoms with van der Waals surface area (Å²) in [5.74, 6) is -0.656. The van der Waals surface area contributed by atoms with Crippen LogP contribution in [0.2, 0.25) is 0 Å². The Morgan fingerprint density at radius 1 is 0.759 bits per heavy atom. The van der Waals surface area contributed by atoms with Crippen LogP contribution in [-0.4, -0.2) is 35.9 Å². The number of carbonyl (C=O) groups is 3. The van der Waals surface area contributed by atoms with Gasteiger partial charge in [-0.2, -0.15) is 10.1 Å². The summed E-state index contributed by atoms with van der Waals surface area (Å²) >= 11 is 0. The molecular weight excluding hydrogens is 368 g/mol. The molecule has 3 rings (SSSR count).